The molecule has 18 heavy (non-hydrogen) atoms. The SMILES string of the molecule is CCOCCCNC(=S)NCC1CCCCC1C. The highest BCUT2D eigenvalue weighted by molar-refractivity contribution is 7.80. The normalized spacial score (nSPS) is 23.7. The summed E-state index contributed by atoms with van der Waals surface area (Å²) >= 11 is 5.28. The molecule has 0 aromatic heterocycles. The van der Waals surface area contributed by atoms with Crippen molar-refractivity contribution >= 4 is 17.3 Å². The molecular weight excluding hydrogens is 244 g/mol. The summed E-state index contributed by atoms with van der Waals surface area (Å²) in [7, 11) is 0. The first kappa shape index (κ1) is 15.7. The van der Waals surface area contributed by atoms with Crippen LogP contribution in [0.15, 0.2) is 0 Å². The molecule has 1 saturated carbocycles. The zero-order chi connectivity index (χ0) is 13.2. The van der Waals surface area contributed by atoms with Gasteiger partial charge in [-0.25, -0.2) is 0 Å². The van der Waals surface area contributed by atoms with Crippen LogP contribution in [0.3, 0.4) is 0 Å². The number of nitrogens with one attached hydrogen (secondary N) is 2. The van der Waals surface area contributed by atoms with Crippen molar-refractivity contribution in [3.8, 4) is 0 Å². The van der Waals surface area contributed by atoms with E-state index in [0.717, 1.165) is 49.7 Å². The maximum atomic E-state index is 5.28. The lowest BCUT2D eigenvalue weighted by Gasteiger charge is -2.29. The minimum absolute atomic E-state index is 0.793. The molecule has 0 aromatic carbocycles. The van der Waals surface area contributed by atoms with E-state index >= 15 is 0 Å². The van der Waals surface area contributed by atoms with E-state index in [2.05, 4.69) is 17.6 Å². The molecule has 0 heterocycles. The summed E-state index contributed by atoms with van der Waals surface area (Å²) in [6.45, 7) is 7.91. The Hall–Kier alpha value is -0.350. The molecule has 2 unspecified atom stereocenters. The Morgan fingerprint density at radius 3 is 2.78 bits per heavy atom. The molecule has 2 atom stereocenters. The van der Waals surface area contributed by atoms with Crippen molar-refractivity contribution < 1.29 is 4.74 Å². The van der Waals surface area contributed by atoms with E-state index in [1.807, 2.05) is 6.92 Å². The lowest BCUT2D eigenvalue weighted by Crippen LogP contribution is -2.40. The second-order valence-electron chi connectivity index (χ2n) is 5.21. The molecule has 1 rings (SSSR count). The first-order valence-electron chi connectivity index (χ1n) is 7.33. The molecule has 2 N–H and O–H groups in total. The summed E-state index contributed by atoms with van der Waals surface area (Å²) in [6.07, 6.45) is 6.51. The zero-order valence-corrected chi connectivity index (χ0v) is 12.7. The van der Waals surface area contributed by atoms with Crippen molar-refractivity contribution in [1.82, 2.24) is 10.6 Å². The van der Waals surface area contributed by atoms with Crippen LogP contribution in [0.25, 0.3) is 0 Å². The van der Waals surface area contributed by atoms with Gasteiger partial charge in [0.2, 0.25) is 0 Å². The van der Waals surface area contributed by atoms with E-state index in [1.54, 1.807) is 0 Å². The maximum absolute atomic E-state index is 5.28. The molecule has 0 aliphatic heterocycles. The molecule has 1 fully saturated rings. The molecule has 0 aromatic rings. The Balaban J connectivity index is 2.02. The summed E-state index contributed by atoms with van der Waals surface area (Å²) in [4.78, 5) is 0. The number of rotatable bonds is 7. The van der Waals surface area contributed by atoms with Crippen molar-refractivity contribution in [2.75, 3.05) is 26.3 Å². The summed E-state index contributed by atoms with van der Waals surface area (Å²) in [5.41, 5.74) is 0. The van der Waals surface area contributed by atoms with Crippen LogP contribution in [0.1, 0.15) is 46.0 Å². The molecule has 0 radical (unpaired) electrons. The highest BCUT2D eigenvalue weighted by Gasteiger charge is 2.20. The maximum Gasteiger partial charge on any atom is 0.166 e. The van der Waals surface area contributed by atoms with Crippen LogP contribution in [-0.4, -0.2) is 31.4 Å². The smallest absolute Gasteiger partial charge is 0.166 e. The Bertz CT molecular complexity index is 236. The lowest BCUT2D eigenvalue weighted by atomic mass is 9.80. The third-order valence-corrected chi connectivity index (χ3v) is 4.06. The Morgan fingerprint density at radius 2 is 2.06 bits per heavy atom. The average Bonchev–Trinajstić information content (AvgIpc) is 2.37. The Morgan fingerprint density at radius 1 is 1.28 bits per heavy atom. The molecule has 0 saturated heterocycles. The zero-order valence-electron chi connectivity index (χ0n) is 11.8. The van der Waals surface area contributed by atoms with Gasteiger partial charge in [-0.1, -0.05) is 26.2 Å². The summed E-state index contributed by atoms with van der Waals surface area (Å²) in [5.74, 6) is 1.63. The van der Waals surface area contributed by atoms with Gasteiger partial charge in [-0.15, -0.1) is 0 Å². The van der Waals surface area contributed by atoms with Gasteiger partial charge in [-0.05, 0) is 43.8 Å². The second-order valence-corrected chi connectivity index (χ2v) is 5.62. The van der Waals surface area contributed by atoms with Gasteiger partial charge >= 0.3 is 0 Å². The fraction of sp³-hybridized carbons (Fsp3) is 0.929. The van der Waals surface area contributed by atoms with Gasteiger partial charge in [0.15, 0.2) is 5.11 Å². The number of ether oxygens (including phenoxy) is 1. The predicted molar refractivity (Wildman–Crippen MR) is 80.8 cm³/mol. The first-order chi connectivity index (χ1) is 8.74. The van der Waals surface area contributed by atoms with Crippen molar-refractivity contribution in [3.63, 3.8) is 0 Å². The van der Waals surface area contributed by atoms with Crippen LogP contribution in [0.5, 0.6) is 0 Å². The van der Waals surface area contributed by atoms with Crippen molar-refractivity contribution in [2.24, 2.45) is 11.8 Å². The van der Waals surface area contributed by atoms with Crippen molar-refractivity contribution in [2.45, 2.75) is 46.0 Å². The number of hydrogen-bond donors (Lipinski definition) is 2. The van der Waals surface area contributed by atoms with E-state index in [-0.39, 0.29) is 0 Å². The summed E-state index contributed by atoms with van der Waals surface area (Å²) in [6, 6.07) is 0. The van der Waals surface area contributed by atoms with E-state index in [1.165, 1.54) is 25.7 Å². The molecule has 0 spiro atoms. The van der Waals surface area contributed by atoms with Crippen molar-refractivity contribution in [1.29, 1.82) is 0 Å². The van der Waals surface area contributed by atoms with E-state index in [4.69, 9.17) is 17.0 Å². The van der Waals surface area contributed by atoms with Gasteiger partial charge < -0.3 is 15.4 Å². The molecular formula is C14H28N2OS. The monoisotopic (exact) mass is 272 g/mol. The van der Waals surface area contributed by atoms with Crippen molar-refractivity contribution in [3.05, 3.63) is 0 Å². The molecule has 0 amide bonds. The van der Waals surface area contributed by atoms with Gasteiger partial charge in [-0.3, -0.25) is 0 Å². The molecule has 0 bridgehead atoms. The van der Waals surface area contributed by atoms with Gasteiger partial charge in [0.05, 0.1) is 0 Å². The molecule has 3 nitrogen and oxygen atoms in total. The Kier molecular flexibility index (Phi) is 8.34. The largest absolute Gasteiger partial charge is 0.382 e. The fourth-order valence-electron chi connectivity index (χ4n) is 2.50. The second kappa shape index (κ2) is 9.56. The Labute approximate surface area is 117 Å². The highest BCUT2D eigenvalue weighted by atomic mass is 32.1. The molecule has 4 heteroatoms. The number of thiocarbonyl (C=S) groups is 1. The topological polar surface area (TPSA) is 33.3 Å². The molecule has 1 aliphatic rings. The van der Waals surface area contributed by atoms with Crippen LogP contribution in [-0.2, 0) is 4.74 Å². The summed E-state index contributed by atoms with van der Waals surface area (Å²) < 4.78 is 5.28. The van der Waals surface area contributed by atoms with Crippen LogP contribution in [0.2, 0.25) is 0 Å². The lowest BCUT2D eigenvalue weighted by molar-refractivity contribution is 0.145. The first-order valence-corrected chi connectivity index (χ1v) is 7.74. The minimum atomic E-state index is 0.793. The summed E-state index contributed by atoms with van der Waals surface area (Å²) in [5, 5.41) is 7.39. The predicted octanol–water partition coefficient (Wildman–Crippen LogP) is 2.70. The van der Waals surface area contributed by atoms with E-state index < -0.39 is 0 Å². The van der Waals surface area contributed by atoms with E-state index in [0.29, 0.717) is 0 Å². The fourth-order valence-corrected chi connectivity index (χ4v) is 2.69. The van der Waals surface area contributed by atoms with E-state index in [9.17, 15) is 0 Å². The van der Waals surface area contributed by atoms with Crippen LogP contribution < -0.4 is 10.6 Å². The van der Waals surface area contributed by atoms with Crippen LogP contribution in [0, 0.1) is 11.8 Å². The highest BCUT2D eigenvalue weighted by Crippen LogP contribution is 2.28. The molecule has 1 aliphatic carbocycles. The van der Waals surface area contributed by atoms with Gasteiger partial charge in [0, 0.05) is 26.3 Å². The third-order valence-electron chi connectivity index (χ3n) is 3.77. The standard InChI is InChI=1S/C14H28N2OS/c1-3-17-10-6-9-15-14(18)16-11-13-8-5-4-7-12(13)2/h12-13H,3-11H2,1-2H3,(H2,15,16,18). The van der Waals surface area contributed by atoms with Gasteiger partial charge in [0.1, 0.15) is 0 Å². The average molecular weight is 272 g/mol. The van der Waals surface area contributed by atoms with Gasteiger partial charge in [0.25, 0.3) is 0 Å². The van der Waals surface area contributed by atoms with Crippen LogP contribution >= 0.6 is 12.2 Å². The van der Waals surface area contributed by atoms with Crippen LogP contribution in [0.4, 0.5) is 0 Å². The van der Waals surface area contributed by atoms with Gasteiger partial charge in [-0.2, -0.15) is 0 Å². The molecule has 106 valence electrons. The number of hydrogen-bond acceptors (Lipinski definition) is 2. The third kappa shape index (κ3) is 6.55. The quantitative estimate of drug-likeness (QED) is 0.551. The minimum Gasteiger partial charge on any atom is -0.382 e.